The molecule has 0 fully saturated rings. The Balaban J connectivity index is 4.04. The van der Waals surface area contributed by atoms with Crippen LogP contribution in [0, 0.1) is 5.92 Å². The van der Waals surface area contributed by atoms with Gasteiger partial charge >= 0.3 is 5.97 Å². The average molecular weight is 252 g/mol. The minimum Gasteiger partial charge on any atom is -0.468 e. The fraction of sp³-hybridized carbons (Fsp3) is 0.889. The Morgan fingerprint density at radius 2 is 2.00 bits per heavy atom. The number of nitrogens with one attached hydrogen (secondary N) is 1. The van der Waals surface area contributed by atoms with E-state index in [1.807, 2.05) is 13.8 Å². The second-order valence-corrected chi connectivity index (χ2v) is 5.88. The highest BCUT2D eigenvalue weighted by Crippen LogP contribution is 2.01. The van der Waals surface area contributed by atoms with E-state index >= 15 is 0 Å². The van der Waals surface area contributed by atoms with Crippen molar-refractivity contribution in [1.29, 1.82) is 0 Å². The number of carbonyl (C=O) groups excluding carboxylic acids is 1. The van der Waals surface area contributed by atoms with Crippen molar-refractivity contribution in [1.82, 2.24) is 4.72 Å². The highest BCUT2D eigenvalue weighted by atomic mass is 32.2. The summed E-state index contributed by atoms with van der Waals surface area (Å²) in [6.07, 6.45) is 0.723. The molecule has 7 heteroatoms. The molecule has 0 aliphatic heterocycles. The van der Waals surface area contributed by atoms with Crippen LogP contribution < -0.4 is 10.5 Å². The van der Waals surface area contributed by atoms with Crippen molar-refractivity contribution in [3.8, 4) is 0 Å². The van der Waals surface area contributed by atoms with Crippen LogP contribution >= 0.6 is 0 Å². The maximum atomic E-state index is 11.3. The summed E-state index contributed by atoms with van der Waals surface area (Å²) < 4.78 is 29.2. The highest BCUT2D eigenvalue weighted by Gasteiger charge is 2.17. The maximum Gasteiger partial charge on any atom is 0.322 e. The number of hydrogen-bond donors (Lipinski definition) is 2. The van der Waals surface area contributed by atoms with Gasteiger partial charge in [-0.15, -0.1) is 0 Å². The van der Waals surface area contributed by atoms with Crippen molar-refractivity contribution in [2.75, 3.05) is 19.4 Å². The standard InChI is InChI=1S/C9H20N2O4S/c1-7(2)4-8(10)5-11-16(13,14)6-9(12)15-3/h7-8,11H,4-6,10H2,1-3H3. The average Bonchev–Trinajstić information content (AvgIpc) is 2.13. The minimum atomic E-state index is -3.63. The Labute approximate surface area is 96.6 Å². The molecule has 16 heavy (non-hydrogen) atoms. The van der Waals surface area contributed by atoms with Gasteiger partial charge in [-0.3, -0.25) is 4.79 Å². The molecule has 0 spiro atoms. The topological polar surface area (TPSA) is 98.5 Å². The quantitative estimate of drug-likeness (QED) is 0.592. The first-order chi connectivity index (χ1) is 7.26. The predicted octanol–water partition coefficient (Wildman–Crippen LogP) is -0.548. The molecule has 0 aromatic rings. The monoisotopic (exact) mass is 252 g/mol. The van der Waals surface area contributed by atoms with Crippen LogP contribution in [0.5, 0.6) is 0 Å². The molecule has 0 heterocycles. The Kier molecular flexibility index (Phi) is 6.54. The van der Waals surface area contributed by atoms with Crippen LogP contribution in [0.1, 0.15) is 20.3 Å². The van der Waals surface area contributed by atoms with Crippen molar-refractivity contribution < 1.29 is 17.9 Å². The SMILES string of the molecule is COC(=O)CS(=O)(=O)NCC(N)CC(C)C. The van der Waals surface area contributed by atoms with Crippen LogP contribution in [-0.2, 0) is 19.6 Å². The van der Waals surface area contributed by atoms with E-state index in [1.165, 1.54) is 0 Å². The van der Waals surface area contributed by atoms with Gasteiger partial charge in [-0.25, -0.2) is 13.1 Å². The van der Waals surface area contributed by atoms with Crippen LogP contribution in [0.2, 0.25) is 0 Å². The van der Waals surface area contributed by atoms with Gasteiger partial charge in [0.05, 0.1) is 7.11 Å². The second kappa shape index (κ2) is 6.82. The number of methoxy groups -OCH3 is 1. The lowest BCUT2D eigenvalue weighted by Crippen LogP contribution is -2.40. The van der Waals surface area contributed by atoms with Crippen molar-refractivity contribution >= 4 is 16.0 Å². The van der Waals surface area contributed by atoms with Crippen molar-refractivity contribution in [3.63, 3.8) is 0 Å². The van der Waals surface area contributed by atoms with Crippen LogP contribution in [-0.4, -0.2) is 39.8 Å². The molecular weight excluding hydrogens is 232 g/mol. The molecule has 0 aliphatic rings. The first-order valence-electron chi connectivity index (χ1n) is 5.06. The third-order valence-electron chi connectivity index (χ3n) is 1.88. The van der Waals surface area contributed by atoms with Gasteiger partial charge in [0.2, 0.25) is 10.0 Å². The Hall–Kier alpha value is -0.660. The third-order valence-corrected chi connectivity index (χ3v) is 3.10. The molecule has 0 aromatic carbocycles. The highest BCUT2D eigenvalue weighted by molar-refractivity contribution is 7.90. The van der Waals surface area contributed by atoms with E-state index in [0.29, 0.717) is 5.92 Å². The summed E-state index contributed by atoms with van der Waals surface area (Å²) in [6.45, 7) is 4.14. The van der Waals surface area contributed by atoms with Crippen molar-refractivity contribution in [3.05, 3.63) is 0 Å². The normalized spacial score (nSPS) is 13.8. The molecule has 3 N–H and O–H groups in total. The zero-order valence-electron chi connectivity index (χ0n) is 9.89. The van der Waals surface area contributed by atoms with Crippen LogP contribution in [0.15, 0.2) is 0 Å². The van der Waals surface area contributed by atoms with E-state index in [2.05, 4.69) is 9.46 Å². The molecule has 0 aromatic heterocycles. The molecular formula is C9H20N2O4S. The van der Waals surface area contributed by atoms with E-state index in [0.717, 1.165) is 13.5 Å². The van der Waals surface area contributed by atoms with Crippen LogP contribution in [0.4, 0.5) is 0 Å². The van der Waals surface area contributed by atoms with Gasteiger partial charge in [-0.05, 0) is 12.3 Å². The van der Waals surface area contributed by atoms with E-state index in [-0.39, 0.29) is 12.6 Å². The van der Waals surface area contributed by atoms with Crippen molar-refractivity contribution in [2.24, 2.45) is 11.7 Å². The summed E-state index contributed by atoms with van der Waals surface area (Å²) in [5.74, 6) is -1.05. The largest absolute Gasteiger partial charge is 0.468 e. The first kappa shape index (κ1) is 15.3. The first-order valence-corrected chi connectivity index (χ1v) is 6.71. The molecule has 6 nitrogen and oxygen atoms in total. The van der Waals surface area contributed by atoms with Gasteiger partial charge in [0, 0.05) is 12.6 Å². The van der Waals surface area contributed by atoms with E-state index in [4.69, 9.17) is 5.73 Å². The summed E-state index contributed by atoms with van der Waals surface area (Å²) in [7, 11) is -2.49. The number of carbonyl (C=O) groups is 1. The molecule has 1 unspecified atom stereocenters. The lowest BCUT2D eigenvalue weighted by atomic mass is 10.1. The lowest BCUT2D eigenvalue weighted by Gasteiger charge is -2.14. The minimum absolute atomic E-state index is 0.136. The van der Waals surface area contributed by atoms with E-state index in [1.54, 1.807) is 0 Å². The second-order valence-electron chi connectivity index (χ2n) is 4.07. The summed E-state index contributed by atoms with van der Waals surface area (Å²) in [5.41, 5.74) is 5.70. The van der Waals surface area contributed by atoms with E-state index in [9.17, 15) is 13.2 Å². The Bertz CT molecular complexity index is 313. The number of ether oxygens (including phenoxy) is 1. The summed E-state index contributed by atoms with van der Waals surface area (Å²) in [6, 6.07) is -0.243. The molecule has 96 valence electrons. The third kappa shape index (κ3) is 7.61. The fourth-order valence-corrected chi connectivity index (χ4v) is 2.19. The summed E-state index contributed by atoms with van der Waals surface area (Å²) in [5, 5.41) is 0. The molecule has 0 saturated carbocycles. The number of sulfonamides is 1. The van der Waals surface area contributed by atoms with Gasteiger partial charge in [0.15, 0.2) is 5.75 Å². The lowest BCUT2D eigenvalue weighted by molar-refractivity contribution is -0.137. The van der Waals surface area contributed by atoms with Crippen LogP contribution in [0.25, 0.3) is 0 Å². The molecule has 0 saturated heterocycles. The maximum absolute atomic E-state index is 11.3. The number of rotatable bonds is 7. The number of esters is 1. The molecule has 0 radical (unpaired) electrons. The van der Waals surface area contributed by atoms with Crippen LogP contribution in [0.3, 0.4) is 0 Å². The van der Waals surface area contributed by atoms with Gasteiger partial charge in [-0.2, -0.15) is 0 Å². The molecule has 0 amide bonds. The number of hydrogen-bond acceptors (Lipinski definition) is 5. The molecule has 1 atom stereocenters. The zero-order chi connectivity index (χ0) is 12.8. The fourth-order valence-electron chi connectivity index (χ4n) is 1.19. The molecule has 0 rings (SSSR count). The molecule has 0 aliphatic carbocycles. The Morgan fingerprint density at radius 3 is 2.44 bits per heavy atom. The zero-order valence-corrected chi connectivity index (χ0v) is 10.7. The van der Waals surface area contributed by atoms with Gasteiger partial charge in [0.25, 0.3) is 0 Å². The summed E-state index contributed by atoms with van der Waals surface area (Å²) >= 11 is 0. The predicted molar refractivity (Wildman–Crippen MR) is 61.2 cm³/mol. The van der Waals surface area contributed by atoms with E-state index < -0.39 is 21.7 Å². The van der Waals surface area contributed by atoms with Gasteiger partial charge in [0.1, 0.15) is 0 Å². The summed E-state index contributed by atoms with van der Waals surface area (Å²) in [4.78, 5) is 10.8. The Morgan fingerprint density at radius 1 is 1.44 bits per heavy atom. The van der Waals surface area contributed by atoms with Gasteiger partial charge in [-0.1, -0.05) is 13.8 Å². The number of nitrogens with two attached hydrogens (primary N) is 1. The van der Waals surface area contributed by atoms with Crippen molar-refractivity contribution in [2.45, 2.75) is 26.3 Å². The van der Waals surface area contributed by atoms with Gasteiger partial charge < -0.3 is 10.5 Å². The molecule has 0 bridgehead atoms. The smallest absolute Gasteiger partial charge is 0.322 e.